The number of amides is 1. The monoisotopic (exact) mass is 368 g/mol. The number of aromatic nitrogens is 1. The van der Waals surface area contributed by atoms with Crippen molar-refractivity contribution in [1.29, 1.82) is 0 Å². The number of thiazole rings is 1. The Hall–Kier alpha value is -2.60. The summed E-state index contributed by atoms with van der Waals surface area (Å²) in [6.45, 7) is 4.45. The van der Waals surface area contributed by atoms with Gasteiger partial charge in [-0.25, -0.2) is 4.98 Å². The maximum atomic E-state index is 13.3. The van der Waals surface area contributed by atoms with Gasteiger partial charge >= 0.3 is 0 Å². The van der Waals surface area contributed by atoms with E-state index in [0.717, 1.165) is 46.3 Å². The van der Waals surface area contributed by atoms with E-state index in [1.165, 1.54) is 11.3 Å². The summed E-state index contributed by atoms with van der Waals surface area (Å²) in [4.78, 5) is 20.3. The molecule has 1 aromatic carbocycles. The molecular formula is C20H20N2O3S. The fraction of sp³-hybridized carbons (Fsp3) is 0.300. The third-order valence-corrected chi connectivity index (χ3v) is 5.75. The van der Waals surface area contributed by atoms with Gasteiger partial charge in [-0.3, -0.25) is 4.79 Å². The van der Waals surface area contributed by atoms with Crippen molar-refractivity contribution in [2.45, 2.75) is 26.7 Å². The summed E-state index contributed by atoms with van der Waals surface area (Å²) in [5.41, 5.74) is 2.76. The van der Waals surface area contributed by atoms with Crippen LogP contribution in [-0.2, 0) is 6.42 Å². The fourth-order valence-electron chi connectivity index (χ4n) is 3.36. The number of anilines is 1. The van der Waals surface area contributed by atoms with E-state index in [1.54, 1.807) is 7.11 Å². The Morgan fingerprint density at radius 2 is 2.12 bits per heavy atom. The molecule has 0 atom stereocenters. The second-order valence-electron chi connectivity index (χ2n) is 6.37. The predicted molar refractivity (Wildman–Crippen MR) is 102 cm³/mol. The van der Waals surface area contributed by atoms with Crippen LogP contribution in [-0.4, -0.2) is 24.5 Å². The molecule has 0 N–H and O–H groups in total. The lowest BCUT2D eigenvalue weighted by molar-refractivity contribution is 0.0987. The molecule has 4 rings (SSSR count). The van der Waals surface area contributed by atoms with E-state index in [0.29, 0.717) is 17.2 Å². The lowest BCUT2D eigenvalue weighted by Gasteiger charge is -2.30. The summed E-state index contributed by atoms with van der Waals surface area (Å²) in [6.07, 6.45) is 1.89. The van der Waals surface area contributed by atoms with Gasteiger partial charge in [0.05, 0.1) is 18.5 Å². The van der Waals surface area contributed by atoms with E-state index < -0.39 is 0 Å². The number of fused-ring (bicyclic) bond motifs is 1. The fourth-order valence-corrected chi connectivity index (χ4v) is 4.33. The third kappa shape index (κ3) is 2.80. The van der Waals surface area contributed by atoms with Crippen molar-refractivity contribution in [2.24, 2.45) is 0 Å². The van der Waals surface area contributed by atoms with Gasteiger partial charge in [0.15, 0.2) is 10.8 Å². The number of hydrogen-bond donors (Lipinski definition) is 0. The quantitative estimate of drug-likeness (QED) is 0.677. The Kier molecular flexibility index (Phi) is 4.28. The molecule has 134 valence electrons. The molecule has 0 radical (unpaired) electrons. The molecule has 1 amide bonds. The number of furan rings is 1. The van der Waals surface area contributed by atoms with Crippen molar-refractivity contribution in [1.82, 2.24) is 4.98 Å². The predicted octanol–water partition coefficient (Wildman–Crippen LogP) is 4.62. The number of ether oxygens (including phenoxy) is 1. The molecule has 3 heterocycles. The standard InChI is InChI=1S/C20H20N2O3S/c1-12-9-10-16(25-12)19-21-13(2)18(26-19)20(23)22-11-5-7-14-6-4-8-15(24-3)17(14)22/h4,6,8-10H,5,7,11H2,1-3H3. The molecule has 6 heteroatoms. The lowest BCUT2D eigenvalue weighted by atomic mass is 10.0. The Labute approximate surface area is 156 Å². The maximum absolute atomic E-state index is 13.3. The number of hydrogen-bond acceptors (Lipinski definition) is 5. The van der Waals surface area contributed by atoms with Crippen molar-refractivity contribution in [3.63, 3.8) is 0 Å². The number of rotatable bonds is 3. The van der Waals surface area contributed by atoms with Crippen molar-refractivity contribution in [2.75, 3.05) is 18.6 Å². The van der Waals surface area contributed by atoms with Gasteiger partial charge in [0.25, 0.3) is 5.91 Å². The van der Waals surface area contributed by atoms with Crippen LogP contribution < -0.4 is 9.64 Å². The van der Waals surface area contributed by atoms with E-state index >= 15 is 0 Å². The van der Waals surface area contributed by atoms with Crippen molar-refractivity contribution in [3.8, 4) is 16.5 Å². The zero-order valence-electron chi connectivity index (χ0n) is 15.0. The highest BCUT2D eigenvalue weighted by molar-refractivity contribution is 7.17. The second kappa shape index (κ2) is 6.61. The van der Waals surface area contributed by atoms with E-state index in [1.807, 2.05) is 43.0 Å². The number of para-hydroxylation sites is 1. The second-order valence-corrected chi connectivity index (χ2v) is 7.37. The molecule has 0 bridgehead atoms. The Morgan fingerprint density at radius 1 is 1.27 bits per heavy atom. The van der Waals surface area contributed by atoms with Crippen LogP contribution in [0.2, 0.25) is 0 Å². The average molecular weight is 368 g/mol. The summed E-state index contributed by atoms with van der Waals surface area (Å²) in [6, 6.07) is 9.73. The van der Waals surface area contributed by atoms with Crippen LogP contribution >= 0.6 is 11.3 Å². The summed E-state index contributed by atoms with van der Waals surface area (Å²) in [5, 5.41) is 0.733. The zero-order chi connectivity index (χ0) is 18.3. The zero-order valence-corrected chi connectivity index (χ0v) is 15.9. The van der Waals surface area contributed by atoms with E-state index in [2.05, 4.69) is 11.1 Å². The van der Waals surface area contributed by atoms with Crippen LogP contribution in [0.3, 0.4) is 0 Å². The smallest absolute Gasteiger partial charge is 0.270 e. The van der Waals surface area contributed by atoms with E-state index in [4.69, 9.17) is 9.15 Å². The Balaban J connectivity index is 1.73. The average Bonchev–Trinajstić information content (AvgIpc) is 3.25. The first-order chi connectivity index (χ1) is 12.6. The van der Waals surface area contributed by atoms with Gasteiger partial charge in [0.2, 0.25) is 0 Å². The molecule has 0 spiro atoms. The van der Waals surface area contributed by atoms with Crippen LogP contribution in [0.15, 0.2) is 34.7 Å². The van der Waals surface area contributed by atoms with Gasteiger partial charge in [-0.1, -0.05) is 12.1 Å². The molecule has 26 heavy (non-hydrogen) atoms. The number of carbonyl (C=O) groups is 1. The van der Waals surface area contributed by atoms with Gasteiger partial charge in [-0.15, -0.1) is 11.3 Å². The summed E-state index contributed by atoms with van der Waals surface area (Å²) in [5.74, 6) is 2.24. The number of methoxy groups -OCH3 is 1. The number of carbonyl (C=O) groups excluding carboxylic acids is 1. The summed E-state index contributed by atoms with van der Waals surface area (Å²) < 4.78 is 11.2. The first-order valence-electron chi connectivity index (χ1n) is 8.60. The molecule has 3 aromatic rings. The highest BCUT2D eigenvalue weighted by Crippen LogP contribution is 2.38. The van der Waals surface area contributed by atoms with Crippen molar-refractivity contribution >= 4 is 22.9 Å². The van der Waals surface area contributed by atoms with Crippen LogP contribution in [0.4, 0.5) is 5.69 Å². The number of benzene rings is 1. The van der Waals surface area contributed by atoms with Gasteiger partial charge in [0.1, 0.15) is 16.4 Å². The van der Waals surface area contributed by atoms with Gasteiger partial charge in [0, 0.05) is 6.54 Å². The van der Waals surface area contributed by atoms with E-state index in [-0.39, 0.29) is 5.91 Å². The van der Waals surface area contributed by atoms with Crippen LogP contribution in [0.1, 0.15) is 33.1 Å². The molecule has 0 saturated heterocycles. The largest absolute Gasteiger partial charge is 0.495 e. The highest BCUT2D eigenvalue weighted by Gasteiger charge is 2.29. The topological polar surface area (TPSA) is 55.6 Å². The molecular weight excluding hydrogens is 348 g/mol. The molecule has 0 saturated carbocycles. The SMILES string of the molecule is COc1cccc2c1N(C(=O)c1sc(-c3ccc(C)o3)nc1C)CCC2. The van der Waals surface area contributed by atoms with Crippen molar-refractivity contribution < 1.29 is 13.9 Å². The van der Waals surface area contributed by atoms with E-state index in [9.17, 15) is 4.79 Å². The number of aryl methyl sites for hydroxylation is 3. The minimum Gasteiger partial charge on any atom is -0.495 e. The van der Waals surface area contributed by atoms with Crippen LogP contribution in [0.5, 0.6) is 5.75 Å². The first kappa shape index (κ1) is 16.8. The maximum Gasteiger partial charge on any atom is 0.270 e. The molecule has 0 fully saturated rings. The highest BCUT2D eigenvalue weighted by atomic mass is 32.1. The van der Waals surface area contributed by atoms with Gasteiger partial charge in [-0.2, -0.15) is 0 Å². The first-order valence-corrected chi connectivity index (χ1v) is 9.42. The van der Waals surface area contributed by atoms with Crippen molar-refractivity contribution in [3.05, 3.63) is 52.2 Å². The number of nitrogens with zero attached hydrogens (tertiary/aromatic N) is 2. The molecule has 1 aliphatic rings. The minimum absolute atomic E-state index is 0.0278. The Bertz CT molecular complexity index is 959. The molecule has 0 aliphatic carbocycles. The van der Waals surface area contributed by atoms with Crippen LogP contribution in [0.25, 0.3) is 10.8 Å². The lowest BCUT2D eigenvalue weighted by Crippen LogP contribution is -2.35. The van der Waals surface area contributed by atoms with Gasteiger partial charge < -0.3 is 14.1 Å². The third-order valence-electron chi connectivity index (χ3n) is 4.59. The normalized spacial score (nSPS) is 13.6. The molecule has 0 unspecified atom stereocenters. The molecule has 1 aliphatic heterocycles. The summed E-state index contributed by atoms with van der Waals surface area (Å²) in [7, 11) is 1.64. The van der Waals surface area contributed by atoms with Gasteiger partial charge in [-0.05, 0) is 50.5 Å². The molecule has 2 aromatic heterocycles. The Morgan fingerprint density at radius 3 is 2.85 bits per heavy atom. The van der Waals surface area contributed by atoms with Crippen LogP contribution in [0, 0.1) is 13.8 Å². The molecule has 5 nitrogen and oxygen atoms in total. The minimum atomic E-state index is -0.0278. The summed E-state index contributed by atoms with van der Waals surface area (Å²) >= 11 is 1.38.